The largest absolute Gasteiger partial charge is 0.390 e. The Morgan fingerprint density at radius 1 is 1.25 bits per heavy atom. The van der Waals surface area contributed by atoms with Crippen LogP contribution < -0.4 is 5.32 Å². The molecule has 0 aromatic carbocycles. The molecule has 0 amide bonds. The second kappa shape index (κ2) is 5.00. The highest BCUT2D eigenvalue weighted by Crippen LogP contribution is 2.35. The normalized spacial score (nSPS) is 39.0. The van der Waals surface area contributed by atoms with Gasteiger partial charge in [0, 0.05) is 32.7 Å². The Balaban J connectivity index is 1.96. The van der Waals surface area contributed by atoms with Crippen LogP contribution in [0.15, 0.2) is 0 Å². The maximum atomic E-state index is 10.6. The van der Waals surface area contributed by atoms with Crippen molar-refractivity contribution < 1.29 is 14.6 Å². The van der Waals surface area contributed by atoms with Gasteiger partial charge in [-0.15, -0.1) is 0 Å². The van der Waals surface area contributed by atoms with Gasteiger partial charge in [-0.05, 0) is 25.7 Å². The van der Waals surface area contributed by atoms with Crippen LogP contribution in [0.1, 0.15) is 38.5 Å². The molecule has 16 heavy (non-hydrogen) atoms. The van der Waals surface area contributed by atoms with Crippen molar-refractivity contribution in [2.24, 2.45) is 0 Å². The molecular formula is C12H23NO3. The molecule has 0 aromatic heterocycles. The first-order chi connectivity index (χ1) is 7.65. The van der Waals surface area contributed by atoms with Gasteiger partial charge >= 0.3 is 0 Å². The quantitative estimate of drug-likeness (QED) is 0.707. The molecule has 0 spiro atoms. The lowest BCUT2D eigenvalue weighted by Crippen LogP contribution is -2.56. The van der Waals surface area contributed by atoms with Crippen LogP contribution in [-0.4, -0.2) is 43.3 Å². The third-order valence-corrected chi connectivity index (χ3v) is 3.90. The first-order valence-electron chi connectivity index (χ1n) is 6.19. The third kappa shape index (κ3) is 2.74. The summed E-state index contributed by atoms with van der Waals surface area (Å²) in [5.41, 5.74) is -0.613. The van der Waals surface area contributed by atoms with Gasteiger partial charge in [0.25, 0.3) is 0 Å². The summed E-state index contributed by atoms with van der Waals surface area (Å²) in [5.74, 6) is 0. The summed E-state index contributed by atoms with van der Waals surface area (Å²) in [5, 5.41) is 14.2. The standard InChI is InChI=1S/C12H23NO3/c1-15-11(16-2)8-12(14)6-9-4-3-5-10(7-12)13-9/h9-11,13-14H,3-8H2,1-2H3. The third-order valence-electron chi connectivity index (χ3n) is 3.90. The Hall–Kier alpha value is -0.160. The zero-order chi connectivity index (χ0) is 11.6. The lowest BCUT2D eigenvalue weighted by atomic mass is 9.75. The van der Waals surface area contributed by atoms with E-state index in [0.29, 0.717) is 18.5 Å². The fourth-order valence-electron chi connectivity index (χ4n) is 3.17. The maximum absolute atomic E-state index is 10.6. The van der Waals surface area contributed by atoms with Crippen molar-refractivity contribution >= 4 is 0 Å². The van der Waals surface area contributed by atoms with Crippen LogP contribution in [0.5, 0.6) is 0 Å². The van der Waals surface area contributed by atoms with Gasteiger partial charge in [0.2, 0.25) is 0 Å². The van der Waals surface area contributed by atoms with Crippen molar-refractivity contribution in [3.63, 3.8) is 0 Å². The summed E-state index contributed by atoms with van der Waals surface area (Å²) in [6.45, 7) is 0. The van der Waals surface area contributed by atoms with Gasteiger partial charge in [-0.3, -0.25) is 0 Å². The summed E-state index contributed by atoms with van der Waals surface area (Å²) in [6, 6.07) is 0.957. The highest BCUT2D eigenvalue weighted by atomic mass is 16.7. The van der Waals surface area contributed by atoms with Crippen LogP contribution in [0, 0.1) is 0 Å². The fourth-order valence-corrected chi connectivity index (χ4v) is 3.17. The Bertz CT molecular complexity index is 218. The van der Waals surface area contributed by atoms with E-state index in [4.69, 9.17) is 9.47 Å². The molecule has 0 aliphatic carbocycles. The number of fused-ring (bicyclic) bond motifs is 2. The van der Waals surface area contributed by atoms with Gasteiger partial charge < -0.3 is 19.9 Å². The molecule has 2 unspecified atom stereocenters. The van der Waals surface area contributed by atoms with Gasteiger partial charge in [0.05, 0.1) is 5.60 Å². The van der Waals surface area contributed by atoms with Gasteiger partial charge in [0.1, 0.15) is 0 Å². The summed E-state index contributed by atoms with van der Waals surface area (Å²) in [4.78, 5) is 0. The minimum absolute atomic E-state index is 0.288. The first-order valence-corrected chi connectivity index (χ1v) is 6.19. The fraction of sp³-hybridized carbons (Fsp3) is 1.00. The molecule has 2 aliphatic rings. The van der Waals surface area contributed by atoms with Crippen molar-refractivity contribution in [3.8, 4) is 0 Å². The second-order valence-electron chi connectivity index (χ2n) is 5.23. The van der Waals surface area contributed by atoms with E-state index in [2.05, 4.69) is 5.32 Å². The minimum atomic E-state index is -0.613. The Morgan fingerprint density at radius 2 is 1.81 bits per heavy atom. The van der Waals surface area contributed by atoms with Gasteiger partial charge in [0.15, 0.2) is 6.29 Å². The Morgan fingerprint density at radius 3 is 2.31 bits per heavy atom. The van der Waals surface area contributed by atoms with Gasteiger partial charge in [-0.2, -0.15) is 0 Å². The molecule has 2 bridgehead atoms. The van der Waals surface area contributed by atoms with Crippen molar-refractivity contribution in [2.45, 2.75) is 62.5 Å². The number of rotatable bonds is 4. The Kier molecular flexibility index (Phi) is 3.85. The van der Waals surface area contributed by atoms with E-state index in [0.717, 1.165) is 12.8 Å². The van der Waals surface area contributed by atoms with Crippen molar-refractivity contribution in [3.05, 3.63) is 0 Å². The summed E-state index contributed by atoms with van der Waals surface area (Å²) >= 11 is 0. The van der Waals surface area contributed by atoms with E-state index in [9.17, 15) is 5.11 Å². The molecule has 2 heterocycles. The van der Waals surface area contributed by atoms with E-state index in [1.165, 1.54) is 19.3 Å². The molecule has 2 aliphatic heterocycles. The number of hydrogen-bond donors (Lipinski definition) is 2. The molecule has 2 fully saturated rings. The summed E-state index contributed by atoms with van der Waals surface area (Å²) in [6.07, 6.45) is 5.60. The molecule has 0 aromatic rings. The molecular weight excluding hydrogens is 206 g/mol. The lowest BCUT2D eigenvalue weighted by molar-refractivity contribution is -0.156. The molecule has 2 rings (SSSR count). The topological polar surface area (TPSA) is 50.7 Å². The smallest absolute Gasteiger partial charge is 0.159 e. The maximum Gasteiger partial charge on any atom is 0.159 e. The predicted molar refractivity (Wildman–Crippen MR) is 61.2 cm³/mol. The average Bonchev–Trinajstić information content (AvgIpc) is 2.25. The van der Waals surface area contributed by atoms with E-state index >= 15 is 0 Å². The number of methoxy groups -OCH3 is 2. The molecule has 4 heteroatoms. The molecule has 2 N–H and O–H groups in total. The van der Waals surface area contributed by atoms with Crippen molar-refractivity contribution in [2.75, 3.05) is 14.2 Å². The van der Waals surface area contributed by atoms with Crippen LogP contribution in [0.4, 0.5) is 0 Å². The zero-order valence-electron chi connectivity index (χ0n) is 10.2. The summed E-state index contributed by atoms with van der Waals surface area (Å²) in [7, 11) is 3.25. The van der Waals surface area contributed by atoms with Crippen LogP contribution in [0.3, 0.4) is 0 Å². The molecule has 2 saturated heterocycles. The highest BCUT2D eigenvalue weighted by molar-refractivity contribution is 4.98. The van der Waals surface area contributed by atoms with Crippen LogP contribution in [-0.2, 0) is 9.47 Å². The number of hydrogen-bond acceptors (Lipinski definition) is 4. The lowest BCUT2D eigenvalue weighted by Gasteiger charge is -2.46. The zero-order valence-corrected chi connectivity index (χ0v) is 10.2. The predicted octanol–water partition coefficient (Wildman–Crippen LogP) is 1.03. The number of aliphatic hydroxyl groups is 1. The molecule has 4 nitrogen and oxygen atoms in total. The van der Waals surface area contributed by atoms with E-state index in [1.807, 2.05) is 0 Å². The Labute approximate surface area is 97.3 Å². The van der Waals surface area contributed by atoms with Crippen molar-refractivity contribution in [1.82, 2.24) is 5.32 Å². The number of ether oxygens (including phenoxy) is 2. The van der Waals surface area contributed by atoms with Gasteiger partial charge in [-0.1, -0.05) is 6.42 Å². The van der Waals surface area contributed by atoms with E-state index in [-0.39, 0.29) is 6.29 Å². The molecule has 2 atom stereocenters. The molecule has 94 valence electrons. The average molecular weight is 229 g/mol. The summed E-state index contributed by atoms with van der Waals surface area (Å²) < 4.78 is 10.4. The highest BCUT2D eigenvalue weighted by Gasteiger charge is 2.41. The SMILES string of the molecule is COC(CC1(O)CC2CCCC(C1)N2)OC. The van der Waals surface area contributed by atoms with Crippen molar-refractivity contribution in [1.29, 1.82) is 0 Å². The van der Waals surface area contributed by atoms with Crippen LogP contribution in [0.25, 0.3) is 0 Å². The van der Waals surface area contributed by atoms with Crippen LogP contribution >= 0.6 is 0 Å². The monoisotopic (exact) mass is 229 g/mol. The van der Waals surface area contributed by atoms with Crippen LogP contribution in [0.2, 0.25) is 0 Å². The molecule has 0 radical (unpaired) electrons. The second-order valence-corrected chi connectivity index (χ2v) is 5.23. The van der Waals surface area contributed by atoms with E-state index in [1.54, 1.807) is 14.2 Å². The minimum Gasteiger partial charge on any atom is -0.390 e. The van der Waals surface area contributed by atoms with Gasteiger partial charge in [-0.25, -0.2) is 0 Å². The van der Waals surface area contributed by atoms with E-state index < -0.39 is 5.60 Å². The first kappa shape index (κ1) is 12.3. The number of piperidine rings is 2. The molecule has 0 saturated carbocycles. The number of nitrogens with one attached hydrogen (secondary N) is 1.